The van der Waals surface area contributed by atoms with Crippen LogP contribution in [0.15, 0.2) is 72.8 Å². The van der Waals surface area contributed by atoms with Crippen molar-refractivity contribution in [3.05, 3.63) is 83.9 Å². The maximum atomic E-state index is 13.1. The van der Waals surface area contributed by atoms with Crippen molar-refractivity contribution in [3.63, 3.8) is 0 Å². The fourth-order valence-corrected chi connectivity index (χ4v) is 4.40. The van der Waals surface area contributed by atoms with Gasteiger partial charge < -0.3 is 10.4 Å². The highest BCUT2D eigenvalue weighted by Gasteiger charge is 2.51. The molecule has 1 amide bonds. The fraction of sp³-hybridized carbons (Fsp3) is 0.273. The summed E-state index contributed by atoms with van der Waals surface area (Å²) >= 11 is 0. The fourth-order valence-electron chi connectivity index (χ4n) is 4.40. The van der Waals surface area contributed by atoms with Crippen LogP contribution in [0.5, 0.6) is 0 Å². The number of rotatable bonds is 5. The number of hydrogen-bond acceptors (Lipinski definition) is 2. The third kappa shape index (κ3) is 2.92. The third-order valence-electron chi connectivity index (χ3n) is 5.60. The molecule has 0 unspecified atom stereocenters. The lowest BCUT2D eigenvalue weighted by atomic mass is 9.82. The molecule has 132 valence electrons. The van der Waals surface area contributed by atoms with Gasteiger partial charge in [0, 0.05) is 0 Å². The summed E-state index contributed by atoms with van der Waals surface area (Å²) in [5.74, 6) is -2.19. The number of benzene rings is 2. The number of carboxylic acids is 1. The van der Waals surface area contributed by atoms with Crippen LogP contribution in [0.2, 0.25) is 0 Å². The highest BCUT2D eigenvalue weighted by atomic mass is 16.4. The van der Waals surface area contributed by atoms with E-state index in [4.69, 9.17) is 0 Å². The maximum Gasteiger partial charge on any atom is 0.307 e. The van der Waals surface area contributed by atoms with Gasteiger partial charge in [0.05, 0.1) is 17.9 Å². The lowest BCUT2D eigenvalue weighted by Crippen LogP contribution is -2.41. The molecule has 4 nitrogen and oxygen atoms in total. The SMILES string of the molecule is O=C(O)[C@@H]1[C@H](C(=O)NC(c2ccccc2)c2ccccc2)[C@@H]2C=C[C@H]1C2. The smallest absolute Gasteiger partial charge is 0.307 e. The third-order valence-corrected chi connectivity index (χ3v) is 5.60. The van der Waals surface area contributed by atoms with Crippen LogP contribution in [-0.2, 0) is 9.59 Å². The Kier molecular flexibility index (Phi) is 4.33. The van der Waals surface area contributed by atoms with Crippen molar-refractivity contribution in [1.82, 2.24) is 5.32 Å². The van der Waals surface area contributed by atoms with Crippen molar-refractivity contribution in [1.29, 1.82) is 0 Å². The number of hydrogen-bond donors (Lipinski definition) is 2. The molecule has 2 aromatic rings. The zero-order valence-electron chi connectivity index (χ0n) is 14.3. The summed E-state index contributed by atoms with van der Waals surface area (Å²) < 4.78 is 0. The van der Waals surface area contributed by atoms with E-state index in [2.05, 4.69) is 5.32 Å². The van der Waals surface area contributed by atoms with Crippen molar-refractivity contribution in [3.8, 4) is 0 Å². The molecule has 2 bridgehead atoms. The molecule has 1 fully saturated rings. The first-order valence-electron chi connectivity index (χ1n) is 8.96. The van der Waals surface area contributed by atoms with Crippen molar-refractivity contribution in [2.45, 2.75) is 12.5 Å². The van der Waals surface area contributed by atoms with Crippen LogP contribution in [0.25, 0.3) is 0 Å². The average molecular weight is 347 g/mol. The van der Waals surface area contributed by atoms with Crippen molar-refractivity contribution in [2.75, 3.05) is 0 Å². The molecule has 2 N–H and O–H groups in total. The second-order valence-corrected chi connectivity index (χ2v) is 7.10. The summed E-state index contributed by atoms with van der Waals surface area (Å²) in [6.07, 6.45) is 4.73. The van der Waals surface area contributed by atoms with Crippen molar-refractivity contribution >= 4 is 11.9 Å². The zero-order chi connectivity index (χ0) is 18.1. The van der Waals surface area contributed by atoms with E-state index >= 15 is 0 Å². The standard InChI is InChI=1S/C22H21NO3/c24-21(18-16-11-12-17(13-16)19(18)22(25)26)23-20(14-7-3-1-4-8-14)15-9-5-2-6-10-15/h1-12,16-20H,13H2,(H,23,24)(H,25,26)/t16-,17+,18-,19+/m1/s1. The predicted octanol–water partition coefficient (Wildman–Crippen LogP) is 3.42. The van der Waals surface area contributed by atoms with E-state index < -0.39 is 17.8 Å². The van der Waals surface area contributed by atoms with Gasteiger partial charge in [0.15, 0.2) is 0 Å². The van der Waals surface area contributed by atoms with Gasteiger partial charge in [0.2, 0.25) is 5.91 Å². The molecule has 0 spiro atoms. The van der Waals surface area contributed by atoms with Gasteiger partial charge in [-0.15, -0.1) is 0 Å². The number of nitrogens with one attached hydrogen (secondary N) is 1. The van der Waals surface area contributed by atoms with Gasteiger partial charge in [-0.3, -0.25) is 9.59 Å². The largest absolute Gasteiger partial charge is 0.481 e. The minimum absolute atomic E-state index is 0.0216. The lowest BCUT2D eigenvalue weighted by Gasteiger charge is -2.27. The minimum Gasteiger partial charge on any atom is -0.481 e. The van der Waals surface area contributed by atoms with Gasteiger partial charge in [-0.05, 0) is 29.4 Å². The van der Waals surface area contributed by atoms with E-state index in [9.17, 15) is 14.7 Å². The average Bonchev–Trinajstić information content (AvgIpc) is 3.29. The zero-order valence-corrected chi connectivity index (χ0v) is 14.3. The number of carboxylic acid groups (broad SMARTS) is 1. The Morgan fingerprint density at radius 1 is 0.846 bits per heavy atom. The van der Waals surface area contributed by atoms with Gasteiger partial charge in [0.1, 0.15) is 0 Å². The first-order valence-corrected chi connectivity index (χ1v) is 8.96. The second-order valence-electron chi connectivity index (χ2n) is 7.10. The lowest BCUT2D eigenvalue weighted by molar-refractivity contribution is -0.147. The van der Waals surface area contributed by atoms with Gasteiger partial charge in [-0.2, -0.15) is 0 Å². The molecular formula is C22H21NO3. The van der Waals surface area contributed by atoms with Gasteiger partial charge in [-0.1, -0.05) is 72.8 Å². The molecule has 2 aromatic carbocycles. The second kappa shape index (κ2) is 6.79. The molecule has 4 rings (SSSR count). The normalized spacial score (nSPS) is 26.2. The number of fused-ring (bicyclic) bond motifs is 2. The summed E-state index contributed by atoms with van der Waals surface area (Å²) in [4.78, 5) is 24.8. The number of carbonyl (C=O) groups is 2. The molecule has 1 saturated carbocycles. The van der Waals surface area contributed by atoms with E-state index in [0.29, 0.717) is 0 Å². The topological polar surface area (TPSA) is 66.4 Å². The molecule has 2 aliphatic carbocycles. The summed E-state index contributed by atoms with van der Waals surface area (Å²) in [5.41, 5.74) is 1.97. The van der Waals surface area contributed by atoms with E-state index in [0.717, 1.165) is 17.5 Å². The summed E-state index contributed by atoms with van der Waals surface area (Å²) in [7, 11) is 0. The number of carbonyl (C=O) groups excluding carboxylic acids is 1. The molecule has 2 aliphatic rings. The van der Waals surface area contributed by atoms with Crippen LogP contribution in [0, 0.1) is 23.7 Å². The summed E-state index contributed by atoms with van der Waals surface area (Å²) in [6.45, 7) is 0. The Morgan fingerprint density at radius 3 is 1.85 bits per heavy atom. The van der Waals surface area contributed by atoms with Crippen LogP contribution in [0.3, 0.4) is 0 Å². The van der Waals surface area contributed by atoms with Crippen molar-refractivity contribution < 1.29 is 14.7 Å². The molecule has 0 heterocycles. The maximum absolute atomic E-state index is 13.1. The van der Waals surface area contributed by atoms with Gasteiger partial charge >= 0.3 is 5.97 Å². The highest BCUT2D eigenvalue weighted by Crippen LogP contribution is 2.48. The van der Waals surface area contributed by atoms with E-state index in [-0.39, 0.29) is 23.8 Å². The van der Waals surface area contributed by atoms with Crippen LogP contribution in [-0.4, -0.2) is 17.0 Å². The molecule has 0 aromatic heterocycles. The van der Waals surface area contributed by atoms with Crippen LogP contribution >= 0.6 is 0 Å². The number of amides is 1. The molecular weight excluding hydrogens is 326 g/mol. The van der Waals surface area contributed by atoms with Crippen LogP contribution in [0.1, 0.15) is 23.6 Å². The quantitative estimate of drug-likeness (QED) is 0.815. The predicted molar refractivity (Wildman–Crippen MR) is 98.2 cm³/mol. The Morgan fingerprint density at radius 2 is 1.35 bits per heavy atom. The van der Waals surface area contributed by atoms with E-state index in [1.807, 2.05) is 72.8 Å². The Hall–Kier alpha value is -2.88. The Balaban J connectivity index is 1.63. The Bertz CT molecular complexity index is 791. The van der Waals surface area contributed by atoms with Crippen LogP contribution in [0.4, 0.5) is 0 Å². The highest BCUT2D eigenvalue weighted by molar-refractivity contribution is 5.87. The van der Waals surface area contributed by atoms with E-state index in [1.165, 1.54) is 0 Å². The minimum atomic E-state index is -0.877. The molecule has 0 radical (unpaired) electrons. The molecule has 0 aliphatic heterocycles. The number of aliphatic carboxylic acids is 1. The van der Waals surface area contributed by atoms with Crippen LogP contribution < -0.4 is 5.32 Å². The molecule has 0 saturated heterocycles. The first kappa shape index (κ1) is 16.6. The molecule has 4 heteroatoms. The Labute approximate surface area is 152 Å². The molecule has 4 atom stereocenters. The van der Waals surface area contributed by atoms with Gasteiger partial charge in [-0.25, -0.2) is 0 Å². The van der Waals surface area contributed by atoms with Gasteiger partial charge in [0.25, 0.3) is 0 Å². The van der Waals surface area contributed by atoms with Crippen molar-refractivity contribution in [2.24, 2.45) is 23.7 Å². The number of allylic oxidation sites excluding steroid dienone is 2. The summed E-state index contributed by atoms with van der Waals surface area (Å²) in [6, 6.07) is 19.3. The summed E-state index contributed by atoms with van der Waals surface area (Å²) in [5, 5.41) is 12.7. The monoisotopic (exact) mass is 347 g/mol. The molecule has 26 heavy (non-hydrogen) atoms. The first-order chi connectivity index (χ1) is 12.6. The van der Waals surface area contributed by atoms with E-state index in [1.54, 1.807) is 0 Å².